The predicted molar refractivity (Wildman–Crippen MR) is 59.8 cm³/mol. The maximum absolute atomic E-state index is 11.5. The van der Waals surface area contributed by atoms with E-state index >= 15 is 0 Å². The molecule has 2 rings (SSSR count). The molecule has 78 valence electrons. The van der Waals surface area contributed by atoms with E-state index < -0.39 is 0 Å². The maximum Gasteiger partial charge on any atom is 0.329 e. The molecule has 0 spiro atoms. The molecule has 1 aromatic rings. The van der Waals surface area contributed by atoms with Gasteiger partial charge in [-0.25, -0.2) is 9.69 Å². The first-order valence-corrected chi connectivity index (χ1v) is 5.26. The minimum Gasteiger partial charge on any atom is -0.328 e. The zero-order chi connectivity index (χ0) is 11.0. The second kappa shape index (κ2) is 3.66. The first-order valence-electron chi connectivity index (χ1n) is 4.46. The lowest BCUT2D eigenvalue weighted by molar-refractivity contribution is -0.115. The van der Waals surface area contributed by atoms with Gasteiger partial charge in [-0.3, -0.25) is 4.79 Å². The Morgan fingerprint density at radius 3 is 2.73 bits per heavy atom. The highest BCUT2D eigenvalue weighted by Gasteiger charge is 2.31. The van der Waals surface area contributed by atoms with Crippen LogP contribution in [0.15, 0.2) is 22.7 Å². The molecule has 1 aromatic carbocycles. The summed E-state index contributed by atoms with van der Waals surface area (Å²) in [5, 5.41) is 2.48. The Labute approximate surface area is 95.4 Å². The smallest absolute Gasteiger partial charge is 0.328 e. The number of carbonyl (C=O) groups excluding carboxylic acids is 2. The molecule has 0 bridgehead atoms. The van der Waals surface area contributed by atoms with Crippen molar-refractivity contribution in [3.05, 3.63) is 28.2 Å². The van der Waals surface area contributed by atoms with Gasteiger partial charge in [0.15, 0.2) is 0 Å². The molecule has 4 nitrogen and oxygen atoms in total. The van der Waals surface area contributed by atoms with Gasteiger partial charge in [-0.05, 0) is 40.5 Å². The number of rotatable bonds is 1. The zero-order valence-electron chi connectivity index (χ0n) is 8.08. The molecule has 0 saturated carbocycles. The van der Waals surface area contributed by atoms with Crippen molar-refractivity contribution in [1.82, 2.24) is 5.32 Å². The van der Waals surface area contributed by atoms with Gasteiger partial charge in [0.25, 0.3) is 5.91 Å². The number of nitrogens with one attached hydrogen (secondary N) is 1. The van der Waals surface area contributed by atoms with Crippen LogP contribution in [0.4, 0.5) is 10.5 Å². The van der Waals surface area contributed by atoms with Crippen molar-refractivity contribution in [1.29, 1.82) is 0 Å². The highest BCUT2D eigenvalue weighted by molar-refractivity contribution is 9.10. The maximum atomic E-state index is 11.5. The van der Waals surface area contributed by atoms with Crippen molar-refractivity contribution in [2.24, 2.45) is 0 Å². The lowest BCUT2D eigenvalue weighted by atomic mass is 10.2. The molecule has 1 fully saturated rings. The van der Waals surface area contributed by atoms with Crippen molar-refractivity contribution in [3.8, 4) is 0 Å². The standard InChI is InChI=1S/C10H9BrN2O2/c1-6-2-3-7(11)8(4-6)13-9(14)5-12-10(13)15/h2-4H,5H2,1H3,(H,12,15). The van der Waals surface area contributed by atoms with Gasteiger partial charge in [0.2, 0.25) is 0 Å². The summed E-state index contributed by atoms with van der Waals surface area (Å²) in [4.78, 5) is 24.0. The number of aryl methyl sites for hydroxylation is 1. The Morgan fingerprint density at radius 1 is 1.40 bits per heavy atom. The third kappa shape index (κ3) is 1.74. The van der Waals surface area contributed by atoms with E-state index in [1.54, 1.807) is 6.07 Å². The summed E-state index contributed by atoms with van der Waals surface area (Å²) in [5.41, 5.74) is 1.59. The summed E-state index contributed by atoms with van der Waals surface area (Å²) in [6.07, 6.45) is 0. The van der Waals surface area contributed by atoms with E-state index in [0.29, 0.717) is 5.69 Å². The molecule has 0 atom stereocenters. The Balaban J connectivity index is 2.48. The largest absolute Gasteiger partial charge is 0.329 e. The van der Waals surface area contributed by atoms with Gasteiger partial charge in [0.1, 0.15) is 0 Å². The van der Waals surface area contributed by atoms with Gasteiger partial charge >= 0.3 is 6.03 Å². The summed E-state index contributed by atoms with van der Waals surface area (Å²) in [5.74, 6) is -0.230. The molecule has 1 saturated heterocycles. The van der Waals surface area contributed by atoms with Crippen LogP contribution in [-0.4, -0.2) is 18.5 Å². The Morgan fingerprint density at radius 2 is 2.13 bits per heavy atom. The number of benzene rings is 1. The van der Waals surface area contributed by atoms with Crippen LogP contribution in [0, 0.1) is 6.92 Å². The first-order chi connectivity index (χ1) is 7.09. The molecular weight excluding hydrogens is 260 g/mol. The zero-order valence-corrected chi connectivity index (χ0v) is 9.67. The van der Waals surface area contributed by atoms with E-state index in [0.717, 1.165) is 14.9 Å². The van der Waals surface area contributed by atoms with Crippen molar-refractivity contribution in [3.63, 3.8) is 0 Å². The number of carbonyl (C=O) groups is 2. The summed E-state index contributed by atoms with van der Waals surface area (Å²) < 4.78 is 0.735. The van der Waals surface area contributed by atoms with Crippen LogP contribution in [0.5, 0.6) is 0 Å². The number of amides is 3. The summed E-state index contributed by atoms with van der Waals surface area (Å²) in [6.45, 7) is 1.98. The fraction of sp³-hybridized carbons (Fsp3) is 0.200. The summed E-state index contributed by atoms with van der Waals surface area (Å²) in [6, 6.07) is 5.16. The van der Waals surface area contributed by atoms with E-state index in [1.807, 2.05) is 19.1 Å². The van der Waals surface area contributed by atoms with Crippen LogP contribution in [0.2, 0.25) is 0 Å². The minimum absolute atomic E-state index is 0.0687. The van der Waals surface area contributed by atoms with Gasteiger partial charge in [0, 0.05) is 4.47 Å². The lowest BCUT2D eigenvalue weighted by Crippen LogP contribution is -2.30. The second-order valence-corrected chi connectivity index (χ2v) is 4.20. The Hall–Kier alpha value is -1.36. The van der Waals surface area contributed by atoms with E-state index in [1.165, 1.54) is 0 Å². The lowest BCUT2D eigenvalue weighted by Gasteiger charge is -2.14. The van der Waals surface area contributed by atoms with E-state index in [4.69, 9.17) is 0 Å². The quantitative estimate of drug-likeness (QED) is 0.790. The normalized spacial score (nSPS) is 15.7. The van der Waals surface area contributed by atoms with Crippen LogP contribution in [0.3, 0.4) is 0 Å². The summed E-state index contributed by atoms with van der Waals surface area (Å²) in [7, 11) is 0. The van der Waals surface area contributed by atoms with Crippen LogP contribution >= 0.6 is 15.9 Å². The molecule has 5 heteroatoms. The predicted octanol–water partition coefficient (Wildman–Crippen LogP) is 1.81. The van der Waals surface area contributed by atoms with Crippen LogP contribution < -0.4 is 10.2 Å². The van der Waals surface area contributed by atoms with Gasteiger partial charge < -0.3 is 5.32 Å². The molecule has 0 aromatic heterocycles. The number of imide groups is 1. The molecular formula is C10H9BrN2O2. The fourth-order valence-electron chi connectivity index (χ4n) is 1.46. The minimum atomic E-state index is -0.369. The van der Waals surface area contributed by atoms with Crippen LogP contribution in [0.25, 0.3) is 0 Å². The molecule has 1 N–H and O–H groups in total. The van der Waals surface area contributed by atoms with Crippen molar-refractivity contribution in [2.75, 3.05) is 11.4 Å². The van der Waals surface area contributed by atoms with Crippen LogP contribution in [0.1, 0.15) is 5.56 Å². The highest BCUT2D eigenvalue weighted by atomic mass is 79.9. The average Bonchev–Trinajstić information content (AvgIpc) is 2.51. The molecule has 3 amide bonds. The molecule has 1 aliphatic rings. The van der Waals surface area contributed by atoms with Gasteiger partial charge in [-0.15, -0.1) is 0 Å². The molecule has 0 unspecified atom stereocenters. The van der Waals surface area contributed by atoms with Crippen molar-refractivity contribution < 1.29 is 9.59 Å². The Kier molecular flexibility index (Phi) is 2.48. The monoisotopic (exact) mass is 268 g/mol. The van der Waals surface area contributed by atoms with Crippen molar-refractivity contribution in [2.45, 2.75) is 6.92 Å². The van der Waals surface area contributed by atoms with Crippen LogP contribution in [-0.2, 0) is 4.79 Å². The number of nitrogens with zero attached hydrogens (tertiary/aromatic N) is 1. The van der Waals surface area contributed by atoms with Gasteiger partial charge in [-0.1, -0.05) is 6.07 Å². The first kappa shape index (κ1) is 10.2. The van der Waals surface area contributed by atoms with E-state index in [9.17, 15) is 9.59 Å². The topological polar surface area (TPSA) is 49.4 Å². The van der Waals surface area contributed by atoms with E-state index in [-0.39, 0.29) is 18.5 Å². The number of urea groups is 1. The molecule has 1 aliphatic heterocycles. The molecule has 0 aliphatic carbocycles. The molecule has 0 radical (unpaired) electrons. The highest BCUT2D eigenvalue weighted by Crippen LogP contribution is 2.28. The van der Waals surface area contributed by atoms with Gasteiger partial charge in [-0.2, -0.15) is 0 Å². The van der Waals surface area contributed by atoms with Crippen molar-refractivity contribution >= 4 is 33.6 Å². The molecule has 15 heavy (non-hydrogen) atoms. The number of halogens is 1. The Bertz CT molecular complexity index is 429. The number of hydrogen-bond acceptors (Lipinski definition) is 2. The fourth-order valence-corrected chi connectivity index (χ4v) is 1.88. The third-order valence-electron chi connectivity index (χ3n) is 2.19. The second-order valence-electron chi connectivity index (χ2n) is 3.34. The van der Waals surface area contributed by atoms with Gasteiger partial charge in [0.05, 0.1) is 12.2 Å². The number of anilines is 1. The molecule has 1 heterocycles. The number of hydrogen-bond donors (Lipinski definition) is 1. The average molecular weight is 269 g/mol. The third-order valence-corrected chi connectivity index (χ3v) is 2.86. The summed E-state index contributed by atoms with van der Waals surface area (Å²) >= 11 is 3.32. The van der Waals surface area contributed by atoms with E-state index in [2.05, 4.69) is 21.2 Å². The SMILES string of the molecule is Cc1ccc(Br)c(N2C(=O)CNC2=O)c1.